The molecule has 2 N–H and O–H groups in total. The highest BCUT2D eigenvalue weighted by Crippen LogP contribution is 2.12. The fraction of sp³-hybridized carbons (Fsp3) is 0.250. The van der Waals surface area contributed by atoms with Gasteiger partial charge in [-0.05, 0) is 24.1 Å². The molecule has 4 nitrogen and oxygen atoms in total. The largest absolute Gasteiger partial charge is 0.548 e. The van der Waals surface area contributed by atoms with E-state index in [4.69, 9.17) is 16.9 Å². The Morgan fingerprint density at radius 1 is 1.50 bits per heavy atom. The van der Waals surface area contributed by atoms with Crippen LogP contribution in [0.1, 0.15) is 5.56 Å². The van der Waals surface area contributed by atoms with E-state index in [0.29, 0.717) is 5.75 Å². The lowest BCUT2D eigenvalue weighted by molar-refractivity contribution is -0.307. The number of terminal acetylenes is 1. The molecular formula is C12H12NO3-. The number of carbonyl (C=O) groups excluding carboxylic acids is 1. The highest BCUT2D eigenvalue weighted by atomic mass is 16.5. The summed E-state index contributed by atoms with van der Waals surface area (Å²) in [6.07, 6.45) is 5.28. The SMILES string of the molecule is C#CCOc1ccc(C[C@H](N)C(=O)[O-])cc1. The molecule has 0 fully saturated rings. The van der Waals surface area contributed by atoms with Crippen molar-refractivity contribution in [2.24, 2.45) is 5.73 Å². The summed E-state index contributed by atoms with van der Waals surface area (Å²) >= 11 is 0. The number of aliphatic carboxylic acids is 1. The van der Waals surface area contributed by atoms with E-state index in [-0.39, 0.29) is 13.0 Å². The zero-order valence-electron chi connectivity index (χ0n) is 8.68. The number of carboxylic acids is 1. The van der Waals surface area contributed by atoms with Crippen LogP contribution in [0.2, 0.25) is 0 Å². The van der Waals surface area contributed by atoms with E-state index < -0.39 is 12.0 Å². The van der Waals surface area contributed by atoms with Crippen LogP contribution < -0.4 is 15.6 Å². The molecule has 0 heterocycles. The fourth-order valence-electron chi connectivity index (χ4n) is 1.18. The molecule has 0 aliphatic carbocycles. The second-order valence-electron chi connectivity index (χ2n) is 3.27. The van der Waals surface area contributed by atoms with Crippen LogP contribution in [0.25, 0.3) is 0 Å². The van der Waals surface area contributed by atoms with E-state index >= 15 is 0 Å². The first-order valence-electron chi connectivity index (χ1n) is 4.75. The molecule has 0 radical (unpaired) electrons. The molecule has 0 aliphatic rings. The molecule has 84 valence electrons. The Kier molecular flexibility index (Phi) is 4.37. The average Bonchev–Trinajstić information content (AvgIpc) is 2.28. The van der Waals surface area contributed by atoms with Crippen molar-refractivity contribution in [3.8, 4) is 18.1 Å². The Balaban J connectivity index is 2.58. The molecule has 0 saturated heterocycles. The maximum atomic E-state index is 10.4. The standard InChI is InChI=1S/C12H13NO3/c1-2-7-16-10-5-3-9(4-6-10)8-11(13)12(14)15/h1,3-6,11H,7-8,13H2,(H,14,15)/p-1/t11-/m0/s1. The van der Waals surface area contributed by atoms with E-state index in [9.17, 15) is 9.90 Å². The molecule has 4 heteroatoms. The molecular weight excluding hydrogens is 206 g/mol. The lowest BCUT2D eigenvalue weighted by atomic mass is 10.1. The fourth-order valence-corrected chi connectivity index (χ4v) is 1.18. The molecule has 0 aliphatic heterocycles. The van der Waals surface area contributed by atoms with Crippen LogP contribution in [0.5, 0.6) is 5.75 Å². The topological polar surface area (TPSA) is 75.4 Å². The van der Waals surface area contributed by atoms with Crippen LogP contribution >= 0.6 is 0 Å². The van der Waals surface area contributed by atoms with Gasteiger partial charge >= 0.3 is 0 Å². The Morgan fingerprint density at radius 2 is 2.12 bits per heavy atom. The average molecular weight is 218 g/mol. The number of hydrogen-bond acceptors (Lipinski definition) is 4. The van der Waals surface area contributed by atoms with Gasteiger partial charge in [-0.2, -0.15) is 0 Å². The molecule has 0 unspecified atom stereocenters. The van der Waals surface area contributed by atoms with E-state index in [1.807, 2.05) is 0 Å². The molecule has 1 atom stereocenters. The number of nitrogens with two attached hydrogens (primary N) is 1. The summed E-state index contributed by atoms with van der Waals surface area (Å²) in [6, 6.07) is 5.93. The predicted octanol–water partition coefficient (Wildman–Crippen LogP) is -0.682. The van der Waals surface area contributed by atoms with Gasteiger partial charge < -0.3 is 20.4 Å². The number of hydrogen-bond donors (Lipinski definition) is 1. The van der Waals surface area contributed by atoms with Gasteiger partial charge in [-0.1, -0.05) is 18.1 Å². The van der Waals surface area contributed by atoms with Gasteiger partial charge in [-0.25, -0.2) is 0 Å². The second kappa shape index (κ2) is 5.79. The van der Waals surface area contributed by atoms with Crippen LogP contribution in [0.3, 0.4) is 0 Å². The predicted molar refractivity (Wildman–Crippen MR) is 57.5 cm³/mol. The minimum absolute atomic E-state index is 0.206. The number of carboxylic acid groups (broad SMARTS) is 1. The Hall–Kier alpha value is -1.99. The van der Waals surface area contributed by atoms with Crippen molar-refractivity contribution >= 4 is 5.97 Å². The van der Waals surface area contributed by atoms with E-state index in [1.54, 1.807) is 24.3 Å². The monoisotopic (exact) mass is 218 g/mol. The third-order valence-electron chi connectivity index (χ3n) is 2.00. The van der Waals surface area contributed by atoms with Gasteiger partial charge in [-0.15, -0.1) is 6.42 Å². The number of carbonyl (C=O) groups is 1. The summed E-state index contributed by atoms with van der Waals surface area (Å²) < 4.78 is 5.17. The lowest BCUT2D eigenvalue weighted by Crippen LogP contribution is -2.43. The van der Waals surface area contributed by atoms with Gasteiger partial charge in [0, 0.05) is 6.04 Å². The smallest absolute Gasteiger partial charge is 0.148 e. The summed E-state index contributed by atoms with van der Waals surface area (Å²) in [4.78, 5) is 10.4. The van der Waals surface area contributed by atoms with E-state index in [0.717, 1.165) is 5.56 Å². The normalized spacial score (nSPS) is 11.5. The van der Waals surface area contributed by atoms with Crippen LogP contribution in [0.15, 0.2) is 24.3 Å². The minimum atomic E-state index is -1.26. The van der Waals surface area contributed by atoms with Crippen molar-refractivity contribution < 1.29 is 14.6 Å². The molecule has 1 aromatic carbocycles. The zero-order chi connectivity index (χ0) is 12.0. The van der Waals surface area contributed by atoms with Gasteiger partial charge in [0.05, 0.1) is 5.97 Å². The van der Waals surface area contributed by atoms with Crippen LogP contribution in [-0.4, -0.2) is 18.6 Å². The Morgan fingerprint density at radius 3 is 2.62 bits per heavy atom. The second-order valence-corrected chi connectivity index (χ2v) is 3.27. The van der Waals surface area contributed by atoms with E-state index in [1.165, 1.54) is 0 Å². The molecule has 0 amide bonds. The summed E-state index contributed by atoms with van der Waals surface area (Å²) in [5.74, 6) is 1.74. The molecule has 0 spiro atoms. The van der Waals surface area contributed by atoms with Crippen molar-refractivity contribution in [1.29, 1.82) is 0 Å². The van der Waals surface area contributed by atoms with Gasteiger partial charge in [0.15, 0.2) is 0 Å². The Bertz CT molecular complexity index is 392. The summed E-state index contributed by atoms with van der Waals surface area (Å²) in [5.41, 5.74) is 6.16. The number of rotatable bonds is 5. The highest BCUT2D eigenvalue weighted by molar-refractivity contribution is 5.71. The minimum Gasteiger partial charge on any atom is -0.548 e. The first-order chi connectivity index (χ1) is 7.63. The van der Waals surface area contributed by atoms with Gasteiger partial charge in [0.2, 0.25) is 0 Å². The van der Waals surface area contributed by atoms with Crippen LogP contribution in [-0.2, 0) is 11.2 Å². The molecule has 1 aromatic rings. The molecule has 0 aromatic heterocycles. The third kappa shape index (κ3) is 3.64. The van der Waals surface area contributed by atoms with Crippen molar-refractivity contribution in [3.63, 3.8) is 0 Å². The van der Waals surface area contributed by atoms with Crippen LogP contribution in [0.4, 0.5) is 0 Å². The number of benzene rings is 1. The quantitative estimate of drug-likeness (QED) is 0.664. The van der Waals surface area contributed by atoms with Crippen LogP contribution in [0, 0.1) is 12.3 Å². The summed E-state index contributed by atoms with van der Waals surface area (Å²) in [5, 5.41) is 10.4. The lowest BCUT2D eigenvalue weighted by Gasteiger charge is -2.12. The van der Waals surface area contributed by atoms with Crippen molar-refractivity contribution in [3.05, 3.63) is 29.8 Å². The molecule has 1 rings (SSSR count). The third-order valence-corrected chi connectivity index (χ3v) is 2.00. The summed E-state index contributed by atoms with van der Waals surface area (Å²) in [7, 11) is 0. The molecule has 16 heavy (non-hydrogen) atoms. The van der Waals surface area contributed by atoms with Gasteiger partial charge in [0.25, 0.3) is 0 Å². The first-order valence-corrected chi connectivity index (χ1v) is 4.75. The van der Waals surface area contributed by atoms with E-state index in [2.05, 4.69) is 5.92 Å². The maximum Gasteiger partial charge on any atom is 0.148 e. The molecule has 0 saturated carbocycles. The first kappa shape index (κ1) is 12.1. The maximum absolute atomic E-state index is 10.4. The van der Waals surface area contributed by atoms with Gasteiger partial charge in [-0.3, -0.25) is 0 Å². The van der Waals surface area contributed by atoms with Crippen molar-refractivity contribution in [2.75, 3.05) is 6.61 Å². The van der Waals surface area contributed by atoms with Gasteiger partial charge in [0.1, 0.15) is 12.4 Å². The van der Waals surface area contributed by atoms with Crippen molar-refractivity contribution in [1.82, 2.24) is 0 Å². The molecule has 0 bridgehead atoms. The zero-order valence-corrected chi connectivity index (χ0v) is 8.68. The Labute approximate surface area is 94.0 Å². The number of ether oxygens (including phenoxy) is 1. The summed E-state index contributed by atoms with van der Waals surface area (Å²) in [6.45, 7) is 0.206. The van der Waals surface area contributed by atoms with Crippen molar-refractivity contribution in [2.45, 2.75) is 12.5 Å². The highest BCUT2D eigenvalue weighted by Gasteiger charge is 2.04.